The van der Waals surface area contributed by atoms with Gasteiger partial charge in [0.1, 0.15) is 0 Å². The Morgan fingerprint density at radius 3 is 2.25 bits per heavy atom. The van der Waals surface area contributed by atoms with Gasteiger partial charge in [-0.15, -0.1) is 0 Å². The summed E-state index contributed by atoms with van der Waals surface area (Å²) < 4.78 is 0. The van der Waals surface area contributed by atoms with Crippen LogP contribution in [0.5, 0.6) is 0 Å². The lowest BCUT2D eigenvalue weighted by atomic mass is 10.1. The molecular weight excluding hydrogens is 420 g/mol. The number of amides is 1. The Kier molecular flexibility index (Phi) is 7.30. The van der Waals surface area contributed by atoms with Gasteiger partial charge in [-0.25, -0.2) is 0 Å². The molecular formula is C26H29ClN4O. The highest BCUT2D eigenvalue weighted by Gasteiger charge is 2.20. The first-order chi connectivity index (χ1) is 15.6. The number of nitrogens with zero attached hydrogens (tertiary/aromatic N) is 3. The summed E-state index contributed by atoms with van der Waals surface area (Å²) in [6.07, 6.45) is 0. The maximum atomic E-state index is 12.1. The molecule has 1 amide bonds. The number of nitrogens with two attached hydrogens (primary N) is 1. The third-order valence-electron chi connectivity index (χ3n) is 6.01. The summed E-state index contributed by atoms with van der Waals surface area (Å²) in [6.45, 7) is 6.33. The third-order valence-corrected chi connectivity index (χ3v) is 6.38. The molecule has 3 aromatic rings. The molecule has 0 unspecified atom stereocenters. The quantitative estimate of drug-likeness (QED) is 0.559. The number of carbonyl (C=O) groups is 1. The largest absolute Gasteiger partial charge is 0.369 e. The molecule has 0 radical (unpaired) electrons. The number of rotatable bonds is 8. The first-order valence-corrected chi connectivity index (χ1v) is 11.4. The van der Waals surface area contributed by atoms with Gasteiger partial charge in [-0.1, -0.05) is 60.1 Å². The minimum Gasteiger partial charge on any atom is -0.369 e. The number of para-hydroxylation sites is 2. The molecule has 32 heavy (non-hydrogen) atoms. The van der Waals surface area contributed by atoms with Crippen molar-refractivity contribution in [3.05, 3.63) is 95.0 Å². The van der Waals surface area contributed by atoms with E-state index in [1.807, 2.05) is 42.5 Å². The molecule has 2 N–H and O–H groups in total. The molecule has 3 aromatic carbocycles. The van der Waals surface area contributed by atoms with Crippen LogP contribution in [-0.4, -0.2) is 50.1 Å². The van der Waals surface area contributed by atoms with Gasteiger partial charge in [0.05, 0.1) is 5.56 Å². The Bertz CT molecular complexity index is 1030. The van der Waals surface area contributed by atoms with Gasteiger partial charge in [0.15, 0.2) is 0 Å². The van der Waals surface area contributed by atoms with E-state index in [-0.39, 0.29) is 0 Å². The van der Waals surface area contributed by atoms with Crippen LogP contribution in [0.2, 0.25) is 5.02 Å². The summed E-state index contributed by atoms with van der Waals surface area (Å²) in [4.78, 5) is 19.2. The molecule has 0 bridgehead atoms. The molecule has 1 aliphatic rings. The molecule has 0 aliphatic carbocycles. The predicted octanol–water partition coefficient (Wildman–Crippen LogP) is 4.27. The van der Waals surface area contributed by atoms with Crippen molar-refractivity contribution in [3.8, 4) is 0 Å². The van der Waals surface area contributed by atoms with Gasteiger partial charge in [0.2, 0.25) is 0 Å². The molecule has 1 aliphatic heterocycles. The number of carbonyl (C=O) groups excluding carboxylic acids is 1. The van der Waals surface area contributed by atoms with Crippen LogP contribution >= 0.6 is 11.6 Å². The van der Waals surface area contributed by atoms with Crippen LogP contribution in [0.1, 0.15) is 15.9 Å². The van der Waals surface area contributed by atoms with Crippen LogP contribution in [0.15, 0.2) is 78.9 Å². The second-order valence-corrected chi connectivity index (χ2v) is 8.47. The van der Waals surface area contributed by atoms with E-state index in [0.717, 1.165) is 55.5 Å². The fraction of sp³-hybridized carbons (Fsp3) is 0.269. The van der Waals surface area contributed by atoms with Gasteiger partial charge in [-0.2, -0.15) is 0 Å². The van der Waals surface area contributed by atoms with Crippen molar-refractivity contribution >= 4 is 28.9 Å². The van der Waals surface area contributed by atoms with Crippen LogP contribution in [0, 0.1) is 0 Å². The lowest BCUT2D eigenvalue weighted by Gasteiger charge is -2.37. The second kappa shape index (κ2) is 10.5. The molecule has 0 spiro atoms. The van der Waals surface area contributed by atoms with Gasteiger partial charge in [-0.3, -0.25) is 9.69 Å². The normalized spacial score (nSPS) is 14.3. The zero-order valence-corrected chi connectivity index (χ0v) is 18.9. The number of primary amides is 1. The molecule has 0 saturated carbocycles. The maximum absolute atomic E-state index is 12.1. The molecule has 1 fully saturated rings. The van der Waals surface area contributed by atoms with Gasteiger partial charge >= 0.3 is 0 Å². The number of benzene rings is 3. The smallest absolute Gasteiger partial charge is 0.250 e. The van der Waals surface area contributed by atoms with Crippen LogP contribution in [0.3, 0.4) is 0 Å². The fourth-order valence-corrected chi connectivity index (χ4v) is 4.40. The van der Waals surface area contributed by atoms with Crippen molar-refractivity contribution in [2.45, 2.75) is 6.54 Å². The van der Waals surface area contributed by atoms with Crippen molar-refractivity contribution in [3.63, 3.8) is 0 Å². The standard InChI is InChI=1S/C26H29ClN4O/c27-24-12-6-4-8-21(24)20-31(25-13-7-5-11-23(25)26(28)32)19-16-29-14-17-30(18-15-29)22-9-2-1-3-10-22/h1-13H,14-20H2,(H2,28,32). The fourth-order valence-electron chi connectivity index (χ4n) is 4.21. The molecule has 1 heterocycles. The number of halogens is 1. The number of hydrogen-bond donors (Lipinski definition) is 1. The van der Waals surface area contributed by atoms with E-state index in [1.165, 1.54) is 5.69 Å². The average Bonchev–Trinajstić information content (AvgIpc) is 2.84. The number of piperazine rings is 1. The number of anilines is 2. The lowest BCUT2D eigenvalue weighted by molar-refractivity contribution is 0.100. The zero-order chi connectivity index (χ0) is 22.3. The van der Waals surface area contributed by atoms with Crippen LogP contribution < -0.4 is 15.5 Å². The first kappa shape index (κ1) is 22.2. The lowest BCUT2D eigenvalue weighted by Crippen LogP contribution is -2.48. The first-order valence-electron chi connectivity index (χ1n) is 11.0. The Hall–Kier alpha value is -3.02. The number of hydrogen-bond acceptors (Lipinski definition) is 4. The summed E-state index contributed by atoms with van der Waals surface area (Å²) >= 11 is 6.45. The highest BCUT2D eigenvalue weighted by atomic mass is 35.5. The second-order valence-electron chi connectivity index (χ2n) is 8.06. The Morgan fingerprint density at radius 2 is 1.53 bits per heavy atom. The van der Waals surface area contributed by atoms with E-state index in [9.17, 15) is 4.79 Å². The van der Waals surface area contributed by atoms with Gasteiger partial charge in [0, 0.05) is 62.2 Å². The van der Waals surface area contributed by atoms with Crippen molar-refractivity contribution in [1.82, 2.24) is 4.90 Å². The van der Waals surface area contributed by atoms with Crippen molar-refractivity contribution in [2.24, 2.45) is 5.73 Å². The van der Waals surface area contributed by atoms with Crippen molar-refractivity contribution < 1.29 is 4.79 Å². The highest BCUT2D eigenvalue weighted by Crippen LogP contribution is 2.25. The summed E-state index contributed by atoms with van der Waals surface area (Å²) in [5, 5.41) is 0.727. The predicted molar refractivity (Wildman–Crippen MR) is 133 cm³/mol. The molecule has 5 nitrogen and oxygen atoms in total. The van der Waals surface area contributed by atoms with E-state index in [0.29, 0.717) is 12.1 Å². The molecule has 1 saturated heterocycles. The average molecular weight is 449 g/mol. The summed E-state index contributed by atoms with van der Waals surface area (Å²) in [5.41, 5.74) is 9.37. The van der Waals surface area contributed by atoms with E-state index in [1.54, 1.807) is 6.07 Å². The summed E-state index contributed by atoms with van der Waals surface area (Å²) in [6, 6.07) is 26.0. The Morgan fingerprint density at radius 1 is 0.875 bits per heavy atom. The topological polar surface area (TPSA) is 52.8 Å². The van der Waals surface area contributed by atoms with E-state index < -0.39 is 5.91 Å². The van der Waals surface area contributed by atoms with Crippen LogP contribution in [0.4, 0.5) is 11.4 Å². The molecule has 0 atom stereocenters. The summed E-state index contributed by atoms with van der Waals surface area (Å²) in [5.74, 6) is -0.416. The molecule has 0 aromatic heterocycles. The minimum atomic E-state index is -0.416. The van der Waals surface area contributed by atoms with Crippen molar-refractivity contribution in [2.75, 3.05) is 49.1 Å². The van der Waals surface area contributed by atoms with Crippen LogP contribution in [-0.2, 0) is 6.54 Å². The van der Waals surface area contributed by atoms with Gasteiger partial charge in [-0.05, 0) is 35.9 Å². The third kappa shape index (κ3) is 5.42. The minimum absolute atomic E-state index is 0.416. The molecule has 6 heteroatoms. The molecule has 4 rings (SSSR count). The SMILES string of the molecule is NC(=O)c1ccccc1N(CCN1CCN(c2ccccc2)CC1)Cc1ccccc1Cl. The van der Waals surface area contributed by atoms with Crippen LogP contribution in [0.25, 0.3) is 0 Å². The van der Waals surface area contributed by atoms with Gasteiger partial charge in [0.25, 0.3) is 5.91 Å². The maximum Gasteiger partial charge on any atom is 0.250 e. The monoisotopic (exact) mass is 448 g/mol. The van der Waals surface area contributed by atoms with E-state index in [4.69, 9.17) is 17.3 Å². The van der Waals surface area contributed by atoms with E-state index in [2.05, 4.69) is 45.0 Å². The highest BCUT2D eigenvalue weighted by molar-refractivity contribution is 6.31. The Balaban J connectivity index is 1.45. The summed E-state index contributed by atoms with van der Waals surface area (Å²) in [7, 11) is 0. The van der Waals surface area contributed by atoms with E-state index >= 15 is 0 Å². The molecule has 166 valence electrons. The zero-order valence-electron chi connectivity index (χ0n) is 18.2. The van der Waals surface area contributed by atoms with Crippen molar-refractivity contribution in [1.29, 1.82) is 0 Å². The Labute approximate surface area is 195 Å². The van der Waals surface area contributed by atoms with Gasteiger partial charge < -0.3 is 15.5 Å².